The Morgan fingerprint density at radius 2 is 2.21 bits per heavy atom. The number of benzene rings is 1. The van der Waals surface area contributed by atoms with Gasteiger partial charge in [-0.2, -0.15) is 0 Å². The van der Waals surface area contributed by atoms with E-state index in [1.165, 1.54) is 0 Å². The molecule has 0 radical (unpaired) electrons. The van der Waals surface area contributed by atoms with E-state index in [1.807, 2.05) is 31.2 Å². The Balaban J connectivity index is 2.88. The zero-order chi connectivity index (χ0) is 10.6. The molecule has 1 atom stereocenters. The van der Waals surface area contributed by atoms with Crippen LogP contribution in [0.4, 0.5) is 0 Å². The van der Waals surface area contributed by atoms with Gasteiger partial charge in [-0.05, 0) is 31.5 Å². The lowest BCUT2D eigenvalue weighted by Gasteiger charge is -2.11. The fourth-order valence-corrected chi connectivity index (χ4v) is 1.26. The molecule has 14 heavy (non-hydrogen) atoms. The minimum absolute atomic E-state index is 0.633. The van der Waals surface area contributed by atoms with Crippen LogP contribution in [0.25, 0.3) is 0 Å². The van der Waals surface area contributed by atoms with Gasteiger partial charge in [-0.25, -0.2) is 0 Å². The molecule has 1 unspecified atom stereocenters. The smallest absolute Gasteiger partial charge is 0.122 e. The molecule has 1 aromatic carbocycles. The third-order valence-electron chi connectivity index (χ3n) is 1.99. The Labute approximate surface area is 93.3 Å². The topological polar surface area (TPSA) is 20.2 Å². The van der Waals surface area contributed by atoms with Gasteiger partial charge in [0, 0.05) is 10.0 Å². The molecule has 0 saturated heterocycles. The molecule has 0 aliphatic heterocycles. The second-order valence-corrected chi connectivity index (χ2v) is 4.30. The monoisotopic (exact) mass is 252 g/mol. The molecule has 2 heteroatoms. The Kier molecular flexibility index (Phi) is 3.74. The van der Waals surface area contributed by atoms with Gasteiger partial charge < -0.3 is 5.11 Å². The quantitative estimate of drug-likeness (QED) is 0.763. The molecule has 1 nitrogen and oxygen atoms in total. The van der Waals surface area contributed by atoms with Crippen molar-refractivity contribution in [3.05, 3.63) is 34.3 Å². The average Bonchev–Trinajstić information content (AvgIpc) is 2.15. The molecule has 0 saturated carbocycles. The molecule has 1 aromatic rings. The van der Waals surface area contributed by atoms with Crippen molar-refractivity contribution in [1.29, 1.82) is 0 Å². The number of aliphatic hydroxyl groups is 1. The largest absolute Gasteiger partial charge is 0.378 e. The molecule has 0 aliphatic rings. The zero-order valence-corrected chi connectivity index (χ0v) is 9.93. The van der Waals surface area contributed by atoms with Crippen LogP contribution in [0.5, 0.6) is 0 Å². The highest BCUT2D eigenvalue weighted by Gasteiger charge is 2.11. The fourth-order valence-electron chi connectivity index (χ4n) is 0.861. The van der Waals surface area contributed by atoms with Crippen molar-refractivity contribution in [3.63, 3.8) is 0 Å². The summed E-state index contributed by atoms with van der Waals surface area (Å²) in [5.41, 5.74) is 0.0237. The van der Waals surface area contributed by atoms with Crippen LogP contribution in [0, 0.1) is 11.8 Å². The fraction of sp³-hybridized carbons (Fsp3) is 0.333. The molecule has 1 rings (SSSR count). The van der Waals surface area contributed by atoms with Gasteiger partial charge in [-0.1, -0.05) is 40.8 Å². The van der Waals surface area contributed by atoms with Gasteiger partial charge in [0.25, 0.3) is 0 Å². The van der Waals surface area contributed by atoms with Crippen LogP contribution in [-0.4, -0.2) is 10.7 Å². The second kappa shape index (κ2) is 4.63. The lowest BCUT2D eigenvalue weighted by molar-refractivity contribution is 0.118. The van der Waals surface area contributed by atoms with Crippen molar-refractivity contribution in [2.75, 3.05) is 0 Å². The van der Waals surface area contributed by atoms with Crippen LogP contribution in [0.1, 0.15) is 25.8 Å². The maximum absolute atomic E-state index is 9.67. The first-order valence-electron chi connectivity index (χ1n) is 4.54. The molecule has 0 spiro atoms. The van der Waals surface area contributed by atoms with Crippen LogP contribution in [0.3, 0.4) is 0 Å². The number of halogens is 1. The van der Waals surface area contributed by atoms with Crippen molar-refractivity contribution in [2.45, 2.75) is 25.9 Å². The highest BCUT2D eigenvalue weighted by Crippen LogP contribution is 2.11. The number of hydrogen-bond donors (Lipinski definition) is 1. The SMILES string of the molecule is CCC(C)(O)C#Cc1cccc(Br)c1. The predicted molar refractivity (Wildman–Crippen MR) is 61.9 cm³/mol. The van der Waals surface area contributed by atoms with E-state index in [9.17, 15) is 5.11 Å². The van der Waals surface area contributed by atoms with Gasteiger partial charge in [0.05, 0.1) is 0 Å². The van der Waals surface area contributed by atoms with Gasteiger partial charge in [0.2, 0.25) is 0 Å². The average molecular weight is 253 g/mol. The molecular weight excluding hydrogens is 240 g/mol. The maximum Gasteiger partial charge on any atom is 0.122 e. The molecule has 1 N–H and O–H groups in total. The summed E-state index contributed by atoms with van der Waals surface area (Å²) in [6, 6.07) is 7.72. The van der Waals surface area contributed by atoms with E-state index in [4.69, 9.17) is 0 Å². The normalized spacial score (nSPS) is 14.0. The first-order chi connectivity index (χ1) is 6.53. The third kappa shape index (κ3) is 3.53. The van der Waals surface area contributed by atoms with E-state index in [2.05, 4.69) is 27.8 Å². The van der Waals surface area contributed by atoms with Gasteiger partial charge in [0.15, 0.2) is 0 Å². The van der Waals surface area contributed by atoms with E-state index in [-0.39, 0.29) is 0 Å². The molecule has 0 aromatic heterocycles. The Morgan fingerprint density at radius 1 is 1.50 bits per heavy atom. The summed E-state index contributed by atoms with van der Waals surface area (Å²) >= 11 is 3.37. The van der Waals surface area contributed by atoms with E-state index in [1.54, 1.807) is 6.92 Å². The van der Waals surface area contributed by atoms with Crippen LogP contribution >= 0.6 is 15.9 Å². The van der Waals surface area contributed by atoms with Crippen molar-refractivity contribution in [1.82, 2.24) is 0 Å². The van der Waals surface area contributed by atoms with Crippen molar-refractivity contribution < 1.29 is 5.11 Å². The van der Waals surface area contributed by atoms with Gasteiger partial charge >= 0.3 is 0 Å². The van der Waals surface area contributed by atoms with Crippen LogP contribution < -0.4 is 0 Å². The standard InChI is InChI=1S/C12H13BrO/c1-3-12(2,14)8-7-10-5-4-6-11(13)9-10/h4-6,9,14H,3H2,1-2H3. The van der Waals surface area contributed by atoms with E-state index in [0.29, 0.717) is 6.42 Å². The molecule has 0 fully saturated rings. The molecule has 0 amide bonds. The van der Waals surface area contributed by atoms with Crippen molar-refractivity contribution in [2.24, 2.45) is 0 Å². The second-order valence-electron chi connectivity index (χ2n) is 3.39. The number of rotatable bonds is 1. The molecule has 74 valence electrons. The van der Waals surface area contributed by atoms with Crippen molar-refractivity contribution >= 4 is 15.9 Å². The summed E-state index contributed by atoms with van der Waals surface area (Å²) in [6.45, 7) is 3.63. The highest BCUT2D eigenvalue weighted by atomic mass is 79.9. The predicted octanol–water partition coefficient (Wildman–Crippen LogP) is 2.96. The lowest BCUT2D eigenvalue weighted by atomic mass is 10.0. The highest BCUT2D eigenvalue weighted by molar-refractivity contribution is 9.10. The minimum Gasteiger partial charge on any atom is -0.378 e. The third-order valence-corrected chi connectivity index (χ3v) is 2.48. The first kappa shape index (κ1) is 11.3. The lowest BCUT2D eigenvalue weighted by Crippen LogP contribution is -2.19. The van der Waals surface area contributed by atoms with E-state index < -0.39 is 5.60 Å². The molecule has 0 aliphatic carbocycles. The Bertz CT molecular complexity index is 371. The van der Waals surface area contributed by atoms with Gasteiger partial charge in [0.1, 0.15) is 5.60 Å². The molecular formula is C12H13BrO. The minimum atomic E-state index is -0.887. The van der Waals surface area contributed by atoms with Crippen LogP contribution in [0.2, 0.25) is 0 Å². The van der Waals surface area contributed by atoms with Gasteiger partial charge in [-0.15, -0.1) is 0 Å². The summed E-state index contributed by atoms with van der Waals surface area (Å²) in [5.74, 6) is 5.78. The Morgan fingerprint density at radius 3 is 2.79 bits per heavy atom. The first-order valence-corrected chi connectivity index (χ1v) is 5.34. The van der Waals surface area contributed by atoms with Crippen LogP contribution in [-0.2, 0) is 0 Å². The summed E-state index contributed by atoms with van der Waals surface area (Å²) in [7, 11) is 0. The molecule has 0 bridgehead atoms. The Hall–Kier alpha value is -0.780. The molecule has 0 heterocycles. The maximum atomic E-state index is 9.67. The summed E-state index contributed by atoms with van der Waals surface area (Å²) < 4.78 is 1.00. The number of hydrogen-bond acceptors (Lipinski definition) is 1. The van der Waals surface area contributed by atoms with Crippen LogP contribution in [0.15, 0.2) is 28.7 Å². The summed E-state index contributed by atoms with van der Waals surface area (Å²) in [5, 5.41) is 9.67. The zero-order valence-electron chi connectivity index (χ0n) is 8.34. The summed E-state index contributed by atoms with van der Waals surface area (Å²) in [4.78, 5) is 0. The van der Waals surface area contributed by atoms with Crippen molar-refractivity contribution in [3.8, 4) is 11.8 Å². The van der Waals surface area contributed by atoms with E-state index >= 15 is 0 Å². The summed E-state index contributed by atoms with van der Waals surface area (Å²) in [6.07, 6.45) is 0.633. The van der Waals surface area contributed by atoms with Gasteiger partial charge in [-0.3, -0.25) is 0 Å². The van der Waals surface area contributed by atoms with E-state index in [0.717, 1.165) is 10.0 Å².